The monoisotopic (exact) mass is 204 g/mol. The molecule has 2 aromatic carbocycles. The summed E-state index contributed by atoms with van der Waals surface area (Å²) in [6, 6.07) is 9.36. The van der Waals surface area contributed by atoms with Crippen molar-refractivity contribution < 1.29 is 69.3 Å². The van der Waals surface area contributed by atoms with Crippen LogP contribution in [0.2, 0.25) is 0 Å². The first kappa shape index (κ1) is 14.3. The van der Waals surface area contributed by atoms with E-state index in [0.29, 0.717) is 0 Å². The maximum absolute atomic E-state index is 10.9. The molecule has 0 N–H and O–H groups in total. The summed E-state index contributed by atoms with van der Waals surface area (Å²) in [6.07, 6.45) is 0. The fourth-order valence-electron chi connectivity index (χ4n) is 1.20. The van der Waals surface area contributed by atoms with Crippen molar-refractivity contribution in [1.82, 2.24) is 0 Å². The zero-order chi connectivity index (χ0) is 8.55. The van der Waals surface area contributed by atoms with E-state index in [1.165, 1.54) is 24.3 Å². The van der Waals surface area contributed by atoms with E-state index < -0.39 is 0 Å². The van der Waals surface area contributed by atoms with Gasteiger partial charge in [-0.2, -0.15) is 0 Å². The second-order valence-corrected chi connectivity index (χ2v) is 2.67. The molecular formula is C10H6Na2O2. The smallest absolute Gasteiger partial charge is 0.872 e. The zero-order valence-electron chi connectivity index (χ0n) is 8.28. The van der Waals surface area contributed by atoms with Crippen LogP contribution in [0.4, 0.5) is 0 Å². The molecule has 0 aliphatic carbocycles. The van der Waals surface area contributed by atoms with Gasteiger partial charge in [0.25, 0.3) is 0 Å². The number of hydrogen-bond acceptors (Lipinski definition) is 2. The molecule has 0 bridgehead atoms. The molecule has 0 radical (unpaired) electrons. The maximum Gasteiger partial charge on any atom is 1.00 e. The van der Waals surface area contributed by atoms with Crippen LogP contribution in [0, 0.1) is 0 Å². The van der Waals surface area contributed by atoms with Crippen molar-refractivity contribution in [2.24, 2.45) is 0 Å². The third kappa shape index (κ3) is 3.16. The molecule has 0 heterocycles. The van der Waals surface area contributed by atoms with Gasteiger partial charge in [0.2, 0.25) is 0 Å². The van der Waals surface area contributed by atoms with Crippen molar-refractivity contribution in [3.05, 3.63) is 36.4 Å². The molecule has 60 valence electrons. The molecule has 0 spiro atoms. The van der Waals surface area contributed by atoms with Gasteiger partial charge in [0.1, 0.15) is 0 Å². The molecule has 0 fully saturated rings. The largest absolute Gasteiger partial charge is 1.00 e. The first-order chi connectivity index (χ1) is 5.75. The van der Waals surface area contributed by atoms with E-state index in [4.69, 9.17) is 0 Å². The Bertz CT molecular complexity index is 393. The number of hydrogen-bond donors (Lipinski definition) is 0. The van der Waals surface area contributed by atoms with E-state index in [9.17, 15) is 10.2 Å². The van der Waals surface area contributed by atoms with Gasteiger partial charge in [0.05, 0.1) is 0 Å². The van der Waals surface area contributed by atoms with Crippen LogP contribution in [0.5, 0.6) is 11.5 Å². The van der Waals surface area contributed by atoms with Crippen LogP contribution in [-0.4, -0.2) is 0 Å². The fraction of sp³-hybridized carbons (Fsp3) is 0. The van der Waals surface area contributed by atoms with Gasteiger partial charge in [0.15, 0.2) is 0 Å². The van der Waals surface area contributed by atoms with Crippen molar-refractivity contribution in [3.63, 3.8) is 0 Å². The predicted octanol–water partition coefficient (Wildman–Crippen LogP) is -5.00. The Balaban J connectivity index is 0.000000845. The Morgan fingerprint density at radius 1 is 0.643 bits per heavy atom. The molecule has 2 nitrogen and oxygen atoms in total. The average molecular weight is 204 g/mol. The molecule has 0 aromatic heterocycles. The Kier molecular flexibility index (Phi) is 6.14. The number of benzene rings is 2. The third-order valence-corrected chi connectivity index (χ3v) is 1.78. The molecule has 14 heavy (non-hydrogen) atoms. The zero-order valence-corrected chi connectivity index (χ0v) is 12.3. The van der Waals surface area contributed by atoms with E-state index in [1.54, 1.807) is 12.1 Å². The SMILES string of the molecule is [Na+].[Na+].[O-]c1ccc2ccc([O-])cc2c1. The summed E-state index contributed by atoms with van der Waals surface area (Å²) in [7, 11) is 0. The van der Waals surface area contributed by atoms with Crippen LogP contribution in [-0.2, 0) is 0 Å². The first-order valence-electron chi connectivity index (χ1n) is 3.63. The molecule has 2 aromatic rings. The molecule has 0 aliphatic heterocycles. The molecule has 0 unspecified atom stereocenters. The van der Waals surface area contributed by atoms with Crippen molar-refractivity contribution in [3.8, 4) is 11.5 Å². The van der Waals surface area contributed by atoms with E-state index >= 15 is 0 Å². The first-order valence-corrected chi connectivity index (χ1v) is 3.63. The Morgan fingerprint density at radius 2 is 1.07 bits per heavy atom. The normalized spacial score (nSPS) is 8.86. The standard InChI is InChI=1S/C10H8O2.2Na/c11-9-3-1-7-2-4-10(12)6-8(7)5-9;;/h1-6,11-12H;;/q;2*+1/p-2. The van der Waals surface area contributed by atoms with Crippen molar-refractivity contribution in [1.29, 1.82) is 0 Å². The van der Waals surface area contributed by atoms with Gasteiger partial charge < -0.3 is 10.2 Å². The van der Waals surface area contributed by atoms with Gasteiger partial charge >= 0.3 is 59.1 Å². The Morgan fingerprint density at radius 3 is 1.50 bits per heavy atom. The Labute approximate surface area is 127 Å². The van der Waals surface area contributed by atoms with Crippen molar-refractivity contribution >= 4 is 10.8 Å². The average Bonchev–Trinajstić information content (AvgIpc) is 2.03. The minimum absolute atomic E-state index is 0. The molecule has 0 saturated heterocycles. The predicted molar refractivity (Wildman–Crippen MR) is 42.8 cm³/mol. The van der Waals surface area contributed by atoms with E-state index in [-0.39, 0.29) is 70.6 Å². The molecule has 4 heteroatoms. The topological polar surface area (TPSA) is 46.1 Å². The van der Waals surface area contributed by atoms with E-state index in [2.05, 4.69) is 0 Å². The molecule has 0 amide bonds. The van der Waals surface area contributed by atoms with Crippen molar-refractivity contribution in [2.45, 2.75) is 0 Å². The van der Waals surface area contributed by atoms with Crippen LogP contribution >= 0.6 is 0 Å². The van der Waals surface area contributed by atoms with Crippen molar-refractivity contribution in [2.75, 3.05) is 0 Å². The summed E-state index contributed by atoms with van der Waals surface area (Å²) < 4.78 is 0. The van der Waals surface area contributed by atoms with Gasteiger partial charge in [0, 0.05) is 0 Å². The van der Waals surface area contributed by atoms with Gasteiger partial charge in [-0.05, 0) is 10.8 Å². The second-order valence-electron chi connectivity index (χ2n) is 2.67. The summed E-state index contributed by atoms with van der Waals surface area (Å²) in [4.78, 5) is 0. The maximum atomic E-state index is 10.9. The summed E-state index contributed by atoms with van der Waals surface area (Å²) >= 11 is 0. The summed E-state index contributed by atoms with van der Waals surface area (Å²) in [5, 5.41) is 23.4. The van der Waals surface area contributed by atoms with Crippen LogP contribution < -0.4 is 69.3 Å². The third-order valence-electron chi connectivity index (χ3n) is 1.78. The second kappa shape index (κ2) is 6.01. The quantitative estimate of drug-likeness (QED) is 0.403. The minimum Gasteiger partial charge on any atom is -0.872 e. The van der Waals surface area contributed by atoms with Crippen LogP contribution in [0.15, 0.2) is 36.4 Å². The summed E-state index contributed by atoms with van der Waals surface area (Å²) in [5.74, 6) is -0.124. The van der Waals surface area contributed by atoms with Crippen LogP contribution in [0.25, 0.3) is 10.8 Å². The van der Waals surface area contributed by atoms with Gasteiger partial charge in [-0.25, -0.2) is 0 Å². The molecule has 0 saturated carbocycles. The van der Waals surface area contributed by atoms with Gasteiger partial charge in [-0.1, -0.05) is 36.4 Å². The van der Waals surface area contributed by atoms with E-state index in [0.717, 1.165) is 10.8 Å². The van der Waals surface area contributed by atoms with Gasteiger partial charge in [-0.3, -0.25) is 0 Å². The summed E-state index contributed by atoms with van der Waals surface area (Å²) in [5.41, 5.74) is 0. The molecular weight excluding hydrogens is 198 g/mol. The van der Waals surface area contributed by atoms with Crippen LogP contribution in [0.1, 0.15) is 0 Å². The molecule has 2 rings (SSSR count). The van der Waals surface area contributed by atoms with E-state index in [1.807, 2.05) is 0 Å². The minimum atomic E-state index is -0.0619. The number of fused-ring (bicyclic) bond motifs is 1. The fourth-order valence-corrected chi connectivity index (χ4v) is 1.20. The summed E-state index contributed by atoms with van der Waals surface area (Å²) in [6.45, 7) is 0. The number of rotatable bonds is 0. The molecule has 0 aliphatic rings. The van der Waals surface area contributed by atoms with Crippen LogP contribution in [0.3, 0.4) is 0 Å². The molecule has 0 atom stereocenters. The van der Waals surface area contributed by atoms with Gasteiger partial charge in [-0.15, -0.1) is 11.5 Å². The Hall–Kier alpha value is 0.300.